The average Bonchev–Trinajstić information content (AvgIpc) is 3.57. The van der Waals surface area contributed by atoms with Gasteiger partial charge in [-0.1, -0.05) is 5.16 Å². The van der Waals surface area contributed by atoms with Gasteiger partial charge in [-0.05, 0) is 44.9 Å². The number of ether oxygens (including phenoxy) is 2. The number of aryl methyl sites for hydroxylation is 2. The molecule has 2 aromatic rings. The van der Waals surface area contributed by atoms with Gasteiger partial charge in [0, 0.05) is 37.7 Å². The van der Waals surface area contributed by atoms with Crippen molar-refractivity contribution in [1.82, 2.24) is 15.0 Å². The van der Waals surface area contributed by atoms with Crippen LogP contribution < -0.4 is 9.47 Å². The van der Waals surface area contributed by atoms with Crippen molar-refractivity contribution in [3.05, 3.63) is 40.8 Å². The van der Waals surface area contributed by atoms with Crippen LogP contribution in [0.5, 0.6) is 11.5 Å². The molecule has 160 valence electrons. The monoisotopic (exact) mass is 413 g/mol. The van der Waals surface area contributed by atoms with E-state index in [0.29, 0.717) is 49.8 Å². The lowest BCUT2D eigenvalue weighted by atomic mass is 10.1. The van der Waals surface area contributed by atoms with E-state index in [9.17, 15) is 9.59 Å². The SMILES string of the molecule is COc1cc(C(=O)N2CCN(C(=O)C3CC3)CC2)ccc1OCc1c(C)noc1C. The summed E-state index contributed by atoms with van der Waals surface area (Å²) in [6.07, 6.45) is 2.00. The third-order valence-electron chi connectivity index (χ3n) is 5.77. The second kappa shape index (κ2) is 8.38. The summed E-state index contributed by atoms with van der Waals surface area (Å²) in [6, 6.07) is 5.19. The van der Waals surface area contributed by atoms with E-state index in [1.54, 1.807) is 30.2 Å². The number of methoxy groups -OCH3 is 1. The summed E-state index contributed by atoms with van der Waals surface area (Å²) in [5, 5.41) is 3.93. The van der Waals surface area contributed by atoms with Crippen molar-refractivity contribution >= 4 is 11.8 Å². The molecule has 2 heterocycles. The van der Waals surface area contributed by atoms with Crippen molar-refractivity contribution in [3.63, 3.8) is 0 Å². The molecule has 30 heavy (non-hydrogen) atoms. The molecule has 8 nitrogen and oxygen atoms in total. The number of rotatable bonds is 6. The fourth-order valence-electron chi connectivity index (χ4n) is 3.68. The molecule has 2 fully saturated rings. The van der Waals surface area contributed by atoms with Crippen molar-refractivity contribution < 1.29 is 23.6 Å². The van der Waals surface area contributed by atoms with Gasteiger partial charge in [0.15, 0.2) is 11.5 Å². The van der Waals surface area contributed by atoms with Crippen LogP contribution in [0.4, 0.5) is 0 Å². The lowest BCUT2D eigenvalue weighted by Gasteiger charge is -2.35. The Morgan fingerprint density at radius 1 is 1.10 bits per heavy atom. The summed E-state index contributed by atoms with van der Waals surface area (Å²) in [5.41, 5.74) is 2.23. The molecule has 0 bridgehead atoms. The molecule has 1 aliphatic carbocycles. The molecule has 2 aliphatic rings. The zero-order valence-electron chi connectivity index (χ0n) is 17.6. The molecular formula is C22H27N3O5. The largest absolute Gasteiger partial charge is 0.493 e. The summed E-state index contributed by atoms with van der Waals surface area (Å²) in [7, 11) is 1.55. The minimum atomic E-state index is -0.0657. The Labute approximate surface area is 175 Å². The molecular weight excluding hydrogens is 386 g/mol. The van der Waals surface area contributed by atoms with E-state index in [1.165, 1.54) is 0 Å². The highest BCUT2D eigenvalue weighted by Crippen LogP contribution is 2.32. The Balaban J connectivity index is 1.39. The number of carbonyl (C=O) groups is 2. The molecule has 4 rings (SSSR count). The number of hydrogen-bond donors (Lipinski definition) is 0. The first-order valence-corrected chi connectivity index (χ1v) is 10.3. The van der Waals surface area contributed by atoms with Crippen LogP contribution in [0.25, 0.3) is 0 Å². The fraction of sp³-hybridized carbons (Fsp3) is 0.500. The van der Waals surface area contributed by atoms with Crippen LogP contribution in [0.1, 0.15) is 40.2 Å². The van der Waals surface area contributed by atoms with Gasteiger partial charge in [0.25, 0.3) is 5.91 Å². The summed E-state index contributed by atoms with van der Waals surface area (Å²) < 4.78 is 16.5. The van der Waals surface area contributed by atoms with E-state index in [2.05, 4.69) is 5.16 Å². The number of benzene rings is 1. The van der Waals surface area contributed by atoms with Crippen LogP contribution in [0.2, 0.25) is 0 Å². The lowest BCUT2D eigenvalue weighted by Crippen LogP contribution is -2.51. The van der Waals surface area contributed by atoms with Crippen molar-refractivity contribution in [2.45, 2.75) is 33.3 Å². The van der Waals surface area contributed by atoms with Gasteiger partial charge in [-0.2, -0.15) is 0 Å². The minimum Gasteiger partial charge on any atom is -0.493 e. The van der Waals surface area contributed by atoms with E-state index in [1.807, 2.05) is 18.7 Å². The van der Waals surface area contributed by atoms with E-state index < -0.39 is 0 Å². The number of nitrogens with zero attached hydrogens (tertiary/aromatic N) is 3. The molecule has 1 saturated heterocycles. The Morgan fingerprint density at radius 3 is 2.40 bits per heavy atom. The number of carbonyl (C=O) groups excluding carboxylic acids is 2. The van der Waals surface area contributed by atoms with Gasteiger partial charge in [-0.3, -0.25) is 9.59 Å². The Kier molecular flexibility index (Phi) is 5.65. The first kappa shape index (κ1) is 20.3. The van der Waals surface area contributed by atoms with Crippen LogP contribution in [0, 0.1) is 19.8 Å². The van der Waals surface area contributed by atoms with Crippen LogP contribution in [0.3, 0.4) is 0 Å². The van der Waals surface area contributed by atoms with Gasteiger partial charge in [-0.15, -0.1) is 0 Å². The normalized spacial score (nSPS) is 16.5. The second-order valence-electron chi connectivity index (χ2n) is 7.85. The molecule has 0 unspecified atom stereocenters. The summed E-state index contributed by atoms with van der Waals surface area (Å²) >= 11 is 0. The van der Waals surface area contributed by atoms with Gasteiger partial charge in [0.1, 0.15) is 12.4 Å². The van der Waals surface area contributed by atoms with E-state index >= 15 is 0 Å². The molecule has 1 aromatic carbocycles. The van der Waals surface area contributed by atoms with Gasteiger partial charge in [-0.25, -0.2) is 0 Å². The fourth-order valence-corrected chi connectivity index (χ4v) is 3.68. The zero-order valence-corrected chi connectivity index (χ0v) is 17.6. The predicted octanol–water partition coefficient (Wildman–Crippen LogP) is 2.57. The average molecular weight is 413 g/mol. The number of piperazine rings is 1. The van der Waals surface area contributed by atoms with Crippen molar-refractivity contribution in [2.75, 3.05) is 33.3 Å². The van der Waals surface area contributed by atoms with Crippen molar-refractivity contribution in [3.8, 4) is 11.5 Å². The summed E-state index contributed by atoms with van der Waals surface area (Å²) in [6.45, 7) is 6.30. The highest BCUT2D eigenvalue weighted by molar-refractivity contribution is 5.95. The van der Waals surface area contributed by atoms with Crippen LogP contribution in [-0.4, -0.2) is 60.1 Å². The quantitative estimate of drug-likeness (QED) is 0.724. The Morgan fingerprint density at radius 2 is 1.80 bits per heavy atom. The van der Waals surface area contributed by atoms with Crippen LogP contribution >= 0.6 is 0 Å². The maximum Gasteiger partial charge on any atom is 0.254 e. The van der Waals surface area contributed by atoms with E-state index in [0.717, 1.165) is 29.9 Å². The maximum atomic E-state index is 12.9. The van der Waals surface area contributed by atoms with Gasteiger partial charge < -0.3 is 23.8 Å². The Hall–Kier alpha value is -3.03. The van der Waals surface area contributed by atoms with E-state index in [-0.39, 0.29) is 17.7 Å². The molecule has 8 heteroatoms. The third kappa shape index (κ3) is 4.13. The second-order valence-corrected chi connectivity index (χ2v) is 7.85. The molecule has 1 aromatic heterocycles. The number of hydrogen-bond acceptors (Lipinski definition) is 6. The molecule has 2 amide bonds. The highest BCUT2D eigenvalue weighted by atomic mass is 16.5. The van der Waals surface area contributed by atoms with Crippen molar-refractivity contribution in [1.29, 1.82) is 0 Å². The molecule has 0 atom stereocenters. The smallest absolute Gasteiger partial charge is 0.254 e. The minimum absolute atomic E-state index is 0.0657. The van der Waals surface area contributed by atoms with E-state index in [4.69, 9.17) is 14.0 Å². The third-order valence-corrected chi connectivity index (χ3v) is 5.77. The van der Waals surface area contributed by atoms with Gasteiger partial charge >= 0.3 is 0 Å². The standard InChI is InChI=1S/C22H27N3O5/c1-14-18(15(2)30-23-14)13-29-19-7-6-17(12-20(19)28-3)22(27)25-10-8-24(9-11-25)21(26)16-4-5-16/h6-7,12,16H,4-5,8-11,13H2,1-3H3. The number of aromatic nitrogens is 1. The topological polar surface area (TPSA) is 85.1 Å². The number of amides is 2. The molecule has 1 saturated carbocycles. The summed E-state index contributed by atoms with van der Waals surface area (Å²) in [4.78, 5) is 28.8. The predicted molar refractivity (Wildman–Crippen MR) is 109 cm³/mol. The first-order chi connectivity index (χ1) is 14.5. The molecule has 1 aliphatic heterocycles. The van der Waals surface area contributed by atoms with Crippen LogP contribution in [0.15, 0.2) is 22.7 Å². The maximum absolute atomic E-state index is 12.9. The molecule has 0 radical (unpaired) electrons. The highest BCUT2D eigenvalue weighted by Gasteiger charge is 2.35. The zero-order chi connectivity index (χ0) is 21.3. The molecule has 0 spiro atoms. The van der Waals surface area contributed by atoms with Crippen LogP contribution in [-0.2, 0) is 11.4 Å². The lowest BCUT2D eigenvalue weighted by molar-refractivity contribution is -0.134. The molecule has 0 N–H and O–H groups in total. The summed E-state index contributed by atoms with van der Waals surface area (Å²) in [5.74, 6) is 2.16. The van der Waals surface area contributed by atoms with Gasteiger partial charge in [0.2, 0.25) is 5.91 Å². The van der Waals surface area contributed by atoms with Gasteiger partial charge in [0.05, 0.1) is 18.4 Å². The van der Waals surface area contributed by atoms with Crippen molar-refractivity contribution in [2.24, 2.45) is 5.92 Å². The first-order valence-electron chi connectivity index (χ1n) is 10.3. The Bertz CT molecular complexity index is 923.